The number of hydrogen-bond donors (Lipinski definition) is 4. The van der Waals surface area contributed by atoms with Crippen molar-refractivity contribution >= 4 is 17.6 Å². The summed E-state index contributed by atoms with van der Waals surface area (Å²) in [5.74, 6) is -1.52. The van der Waals surface area contributed by atoms with Gasteiger partial charge in [0.2, 0.25) is 5.95 Å². The number of phenols is 1. The van der Waals surface area contributed by atoms with E-state index in [1.807, 2.05) is 0 Å². The second-order valence-electron chi connectivity index (χ2n) is 3.75. The number of carboxylic acid groups (broad SMARTS) is 1. The highest BCUT2D eigenvalue weighted by Gasteiger charge is 2.10. The summed E-state index contributed by atoms with van der Waals surface area (Å²) in [6.07, 6.45) is 0. The molecule has 1 aromatic carbocycles. The third-order valence-electron chi connectivity index (χ3n) is 2.35. The summed E-state index contributed by atoms with van der Waals surface area (Å²) in [4.78, 5) is 24.6. The van der Waals surface area contributed by atoms with Crippen LogP contribution in [0, 0.1) is 6.92 Å². The van der Waals surface area contributed by atoms with Gasteiger partial charge in [-0.2, -0.15) is 0 Å². The van der Waals surface area contributed by atoms with Crippen molar-refractivity contribution in [2.45, 2.75) is 6.92 Å². The predicted octanol–water partition coefficient (Wildman–Crippen LogP) is 0.621. The fourth-order valence-electron chi connectivity index (χ4n) is 1.37. The van der Waals surface area contributed by atoms with Crippen LogP contribution in [0.15, 0.2) is 23.0 Å². The minimum Gasteiger partial charge on any atom is -0.507 e. The maximum absolute atomic E-state index is 11.3. The van der Waals surface area contributed by atoms with E-state index in [4.69, 9.17) is 5.11 Å². The largest absolute Gasteiger partial charge is 0.507 e. The van der Waals surface area contributed by atoms with Gasteiger partial charge in [-0.05, 0) is 25.1 Å². The van der Waals surface area contributed by atoms with E-state index in [1.54, 1.807) is 0 Å². The third-order valence-corrected chi connectivity index (χ3v) is 2.35. The van der Waals surface area contributed by atoms with Crippen molar-refractivity contribution in [3.05, 3.63) is 39.8 Å². The first-order chi connectivity index (χ1) is 8.97. The van der Waals surface area contributed by atoms with Crippen LogP contribution in [0.25, 0.3) is 0 Å². The lowest BCUT2D eigenvalue weighted by molar-refractivity contribution is 0.0694. The van der Waals surface area contributed by atoms with Gasteiger partial charge in [-0.1, -0.05) is 0 Å². The normalized spacial score (nSPS) is 10.2. The number of aromatic hydroxyl groups is 1. The summed E-state index contributed by atoms with van der Waals surface area (Å²) in [5.41, 5.74) is -0.0753. The van der Waals surface area contributed by atoms with Gasteiger partial charge in [0, 0.05) is 5.69 Å². The van der Waals surface area contributed by atoms with E-state index in [0.717, 1.165) is 0 Å². The van der Waals surface area contributed by atoms with Crippen LogP contribution in [0.1, 0.15) is 16.1 Å². The van der Waals surface area contributed by atoms with Crippen LogP contribution >= 0.6 is 0 Å². The number of hydrogen-bond acceptors (Lipinski definition) is 6. The molecule has 2 rings (SSSR count). The lowest BCUT2D eigenvalue weighted by atomic mass is 10.2. The molecule has 0 unspecified atom stereocenters. The van der Waals surface area contributed by atoms with E-state index in [0.29, 0.717) is 5.69 Å². The highest BCUT2D eigenvalue weighted by atomic mass is 16.4. The van der Waals surface area contributed by atoms with Crippen LogP contribution in [0.3, 0.4) is 0 Å². The van der Waals surface area contributed by atoms with Gasteiger partial charge in [0.15, 0.2) is 0 Å². The van der Waals surface area contributed by atoms with Crippen LogP contribution in [-0.2, 0) is 0 Å². The summed E-state index contributed by atoms with van der Waals surface area (Å²) in [6, 6.07) is 3.89. The molecule has 4 N–H and O–H groups in total. The van der Waals surface area contributed by atoms with E-state index in [2.05, 4.69) is 20.5 Å². The van der Waals surface area contributed by atoms with Crippen LogP contribution in [0.5, 0.6) is 5.75 Å². The number of rotatable bonds is 3. The van der Waals surface area contributed by atoms with Gasteiger partial charge in [0.1, 0.15) is 17.0 Å². The standard InChI is InChI=1S/C11H10N4O4/c1-5-9(17)13-11(15-14-5)12-6-2-3-8(16)7(4-6)10(18)19/h2-4,16H,1H3,(H,18,19)(H2,12,13,15,17). The second-order valence-corrected chi connectivity index (χ2v) is 3.75. The van der Waals surface area contributed by atoms with Gasteiger partial charge in [-0.3, -0.25) is 9.78 Å². The van der Waals surface area contributed by atoms with Gasteiger partial charge in [0.25, 0.3) is 5.56 Å². The SMILES string of the molecule is Cc1nnc(Nc2ccc(O)c(C(=O)O)c2)[nH]c1=O. The molecule has 0 aliphatic heterocycles. The number of nitrogens with one attached hydrogen (secondary N) is 2. The van der Waals surface area contributed by atoms with E-state index in [-0.39, 0.29) is 23.0 Å². The molecule has 98 valence electrons. The molecule has 0 saturated carbocycles. The number of aromatic nitrogens is 3. The molecule has 1 aromatic heterocycles. The van der Waals surface area contributed by atoms with E-state index < -0.39 is 11.5 Å². The molecule has 0 amide bonds. The van der Waals surface area contributed by atoms with Gasteiger partial charge in [0.05, 0.1) is 0 Å². The number of benzene rings is 1. The Morgan fingerprint density at radius 1 is 1.37 bits per heavy atom. The molecule has 2 aromatic rings. The molecule has 0 aliphatic carbocycles. The number of carbonyl (C=O) groups is 1. The Hall–Kier alpha value is -2.90. The maximum Gasteiger partial charge on any atom is 0.339 e. The quantitative estimate of drug-likeness (QED) is 0.597. The highest BCUT2D eigenvalue weighted by Crippen LogP contribution is 2.22. The molecule has 0 radical (unpaired) electrons. The molecule has 0 spiro atoms. The molecule has 0 fully saturated rings. The number of aromatic carboxylic acids is 1. The summed E-state index contributed by atoms with van der Waals surface area (Å²) >= 11 is 0. The molecule has 19 heavy (non-hydrogen) atoms. The molecule has 8 nitrogen and oxygen atoms in total. The molecular weight excluding hydrogens is 252 g/mol. The monoisotopic (exact) mass is 262 g/mol. The Balaban J connectivity index is 2.33. The van der Waals surface area contributed by atoms with E-state index >= 15 is 0 Å². The fraction of sp³-hybridized carbons (Fsp3) is 0.0909. The van der Waals surface area contributed by atoms with Gasteiger partial charge in [-0.15, -0.1) is 10.2 Å². The lowest BCUT2D eigenvalue weighted by Gasteiger charge is -2.06. The zero-order chi connectivity index (χ0) is 14.0. The third kappa shape index (κ3) is 2.68. The van der Waals surface area contributed by atoms with Gasteiger partial charge >= 0.3 is 5.97 Å². The summed E-state index contributed by atoms with van der Waals surface area (Å²) in [5, 5.41) is 28.2. The Morgan fingerprint density at radius 2 is 2.11 bits per heavy atom. The molecule has 0 atom stereocenters. The topological polar surface area (TPSA) is 128 Å². The number of aromatic amines is 1. The van der Waals surface area contributed by atoms with Crippen LogP contribution < -0.4 is 10.9 Å². The zero-order valence-electron chi connectivity index (χ0n) is 9.84. The first-order valence-corrected chi connectivity index (χ1v) is 5.24. The summed E-state index contributed by atoms with van der Waals surface area (Å²) in [7, 11) is 0. The first kappa shape index (κ1) is 12.6. The average Bonchev–Trinajstić information content (AvgIpc) is 2.36. The first-order valence-electron chi connectivity index (χ1n) is 5.24. The number of nitrogens with zero attached hydrogens (tertiary/aromatic N) is 2. The Labute approximate surface area is 106 Å². The van der Waals surface area contributed by atoms with Gasteiger partial charge in [-0.25, -0.2) is 4.79 Å². The van der Waals surface area contributed by atoms with Gasteiger partial charge < -0.3 is 15.5 Å². The summed E-state index contributed by atoms with van der Waals surface area (Å²) in [6.45, 7) is 1.51. The maximum atomic E-state index is 11.3. The smallest absolute Gasteiger partial charge is 0.339 e. The minimum atomic E-state index is -1.26. The molecule has 0 bridgehead atoms. The van der Waals surface area contributed by atoms with Crippen molar-refractivity contribution in [1.82, 2.24) is 15.2 Å². The van der Waals surface area contributed by atoms with Crippen molar-refractivity contribution in [2.75, 3.05) is 5.32 Å². The molecular formula is C11H10N4O4. The Morgan fingerprint density at radius 3 is 2.74 bits per heavy atom. The van der Waals surface area contributed by atoms with Crippen molar-refractivity contribution in [3.63, 3.8) is 0 Å². The Kier molecular flexibility index (Phi) is 3.15. The number of anilines is 2. The van der Waals surface area contributed by atoms with Crippen molar-refractivity contribution in [1.29, 1.82) is 0 Å². The number of carboxylic acids is 1. The highest BCUT2D eigenvalue weighted by molar-refractivity contribution is 5.92. The minimum absolute atomic E-state index is 0.0811. The number of aryl methyl sites for hydroxylation is 1. The molecule has 0 saturated heterocycles. The second kappa shape index (κ2) is 4.77. The van der Waals surface area contributed by atoms with Crippen LogP contribution in [0.2, 0.25) is 0 Å². The van der Waals surface area contributed by atoms with Crippen LogP contribution in [0.4, 0.5) is 11.6 Å². The average molecular weight is 262 g/mol. The predicted molar refractivity (Wildman–Crippen MR) is 65.7 cm³/mol. The molecule has 0 aliphatic rings. The van der Waals surface area contributed by atoms with Crippen LogP contribution in [-0.4, -0.2) is 31.4 Å². The van der Waals surface area contributed by atoms with Crippen molar-refractivity contribution in [2.24, 2.45) is 0 Å². The summed E-state index contributed by atoms with van der Waals surface area (Å²) < 4.78 is 0. The Bertz CT molecular complexity index is 695. The zero-order valence-corrected chi connectivity index (χ0v) is 9.84. The molecule has 8 heteroatoms. The molecule has 1 heterocycles. The van der Waals surface area contributed by atoms with E-state index in [9.17, 15) is 14.7 Å². The fourth-order valence-corrected chi connectivity index (χ4v) is 1.37. The van der Waals surface area contributed by atoms with Crippen molar-refractivity contribution in [3.8, 4) is 5.75 Å². The van der Waals surface area contributed by atoms with Crippen molar-refractivity contribution < 1.29 is 15.0 Å². The van der Waals surface area contributed by atoms with E-state index in [1.165, 1.54) is 25.1 Å². The lowest BCUT2D eigenvalue weighted by Crippen LogP contribution is -2.15. The number of H-pyrrole nitrogens is 1.